The van der Waals surface area contributed by atoms with Crippen LogP contribution in [-0.2, 0) is 0 Å². The van der Waals surface area contributed by atoms with Crippen LogP contribution in [-0.4, -0.2) is 24.1 Å². The van der Waals surface area contributed by atoms with E-state index in [1.807, 2.05) is 0 Å². The number of fused-ring (bicyclic) bond motifs is 3. The summed E-state index contributed by atoms with van der Waals surface area (Å²) >= 11 is 0. The maximum absolute atomic E-state index is 14.0. The van der Waals surface area contributed by atoms with Crippen molar-refractivity contribution in [2.24, 2.45) is 0 Å². The first-order chi connectivity index (χ1) is 11.1. The molecule has 0 N–H and O–H groups in total. The van der Waals surface area contributed by atoms with Crippen molar-refractivity contribution in [2.45, 2.75) is 13.8 Å². The summed E-state index contributed by atoms with van der Waals surface area (Å²) < 4.78 is 16.8. The number of halogens is 1. The number of benzene rings is 1. The Morgan fingerprint density at radius 3 is 2.65 bits per heavy atom. The van der Waals surface area contributed by atoms with Gasteiger partial charge in [-0.15, -0.1) is 5.10 Å². The molecule has 0 saturated heterocycles. The van der Waals surface area contributed by atoms with Gasteiger partial charge in [-0.1, -0.05) is 12.1 Å². The quantitative estimate of drug-likeness (QED) is 0.540. The topological polar surface area (TPSA) is 65.1 Å². The summed E-state index contributed by atoms with van der Waals surface area (Å²) in [5.41, 5.74) is 1.00. The number of pyridine rings is 1. The van der Waals surface area contributed by atoms with Gasteiger partial charge in [-0.2, -0.15) is 9.50 Å². The van der Waals surface area contributed by atoms with Crippen LogP contribution in [0.15, 0.2) is 41.3 Å². The lowest BCUT2D eigenvalue weighted by Gasteiger charge is -2.09. The molecule has 0 radical (unpaired) electrons. The molecule has 0 fully saturated rings. The second kappa shape index (κ2) is 4.70. The Hall–Kier alpha value is -3.09. The third-order valence-corrected chi connectivity index (χ3v) is 3.74. The first-order valence-corrected chi connectivity index (χ1v) is 7.06. The number of aryl methyl sites for hydroxylation is 2. The van der Waals surface area contributed by atoms with Crippen LogP contribution in [0.3, 0.4) is 0 Å². The minimum absolute atomic E-state index is 0.202. The molecule has 0 bridgehead atoms. The molecule has 6 nitrogen and oxygen atoms in total. The predicted molar refractivity (Wildman–Crippen MR) is 83.3 cm³/mol. The summed E-state index contributed by atoms with van der Waals surface area (Å²) in [5, 5.41) is 4.66. The van der Waals surface area contributed by atoms with Crippen molar-refractivity contribution in [2.75, 3.05) is 0 Å². The van der Waals surface area contributed by atoms with E-state index in [2.05, 4.69) is 15.1 Å². The van der Waals surface area contributed by atoms with Gasteiger partial charge in [0.2, 0.25) is 0 Å². The van der Waals surface area contributed by atoms with Crippen LogP contribution in [0.25, 0.3) is 22.4 Å². The molecule has 4 aromatic rings. The van der Waals surface area contributed by atoms with Gasteiger partial charge in [0.15, 0.2) is 0 Å². The van der Waals surface area contributed by atoms with Crippen molar-refractivity contribution in [1.29, 1.82) is 0 Å². The lowest BCUT2D eigenvalue weighted by molar-refractivity contribution is 0.616. The normalized spacial score (nSPS) is 11.4. The highest BCUT2D eigenvalue weighted by atomic mass is 19.1. The van der Waals surface area contributed by atoms with Crippen LogP contribution in [0.5, 0.6) is 0 Å². The van der Waals surface area contributed by atoms with Crippen molar-refractivity contribution in [1.82, 2.24) is 24.1 Å². The molecule has 3 heterocycles. The summed E-state index contributed by atoms with van der Waals surface area (Å²) in [7, 11) is 0. The summed E-state index contributed by atoms with van der Waals surface area (Å²) in [6, 6.07) is 7.87. The minimum Gasteiger partial charge on any atom is -0.281 e. The number of hydrogen-bond donors (Lipinski definition) is 0. The molecule has 0 saturated carbocycles. The van der Waals surface area contributed by atoms with Gasteiger partial charge in [0, 0.05) is 6.20 Å². The SMILES string of the molecule is Cc1nc2nc(C)c3c(=O)n(-c4ccccc4F)ccc3n2n1. The molecule has 0 aliphatic rings. The Labute approximate surface area is 129 Å². The van der Waals surface area contributed by atoms with Gasteiger partial charge in [0.1, 0.15) is 11.6 Å². The Kier molecular flexibility index (Phi) is 2.77. The molecular weight excluding hydrogens is 297 g/mol. The fraction of sp³-hybridized carbons (Fsp3) is 0.125. The van der Waals surface area contributed by atoms with E-state index in [-0.39, 0.29) is 11.2 Å². The summed E-state index contributed by atoms with van der Waals surface area (Å²) in [6.07, 6.45) is 1.54. The highest BCUT2D eigenvalue weighted by Crippen LogP contribution is 2.17. The molecule has 4 rings (SSSR count). The van der Waals surface area contributed by atoms with E-state index in [9.17, 15) is 9.18 Å². The van der Waals surface area contributed by atoms with Crippen molar-refractivity contribution < 1.29 is 4.39 Å². The van der Waals surface area contributed by atoms with Gasteiger partial charge in [0.25, 0.3) is 11.3 Å². The largest absolute Gasteiger partial charge is 0.281 e. The van der Waals surface area contributed by atoms with Crippen molar-refractivity contribution in [3.8, 4) is 5.69 Å². The Morgan fingerprint density at radius 1 is 1.09 bits per heavy atom. The summed E-state index contributed by atoms with van der Waals surface area (Å²) in [4.78, 5) is 21.4. The third kappa shape index (κ3) is 1.93. The summed E-state index contributed by atoms with van der Waals surface area (Å²) in [6.45, 7) is 3.50. The average molecular weight is 309 g/mol. The molecule has 23 heavy (non-hydrogen) atoms. The molecule has 7 heteroatoms. The van der Waals surface area contributed by atoms with E-state index in [0.717, 1.165) is 0 Å². The molecule has 0 aliphatic heterocycles. The van der Waals surface area contributed by atoms with Crippen molar-refractivity contribution >= 4 is 16.7 Å². The van der Waals surface area contributed by atoms with E-state index >= 15 is 0 Å². The zero-order valence-electron chi connectivity index (χ0n) is 12.5. The average Bonchev–Trinajstić information content (AvgIpc) is 2.88. The Balaban J connectivity index is 2.14. The zero-order valence-corrected chi connectivity index (χ0v) is 12.5. The Morgan fingerprint density at radius 2 is 1.87 bits per heavy atom. The number of hydrogen-bond acceptors (Lipinski definition) is 4. The number of para-hydroxylation sites is 1. The van der Waals surface area contributed by atoms with Gasteiger partial charge < -0.3 is 0 Å². The maximum atomic E-state index is 14.0. The fourth-order valence-corrected chi connectivity index (χ4v) is 2.72. The summed E-state index contributed by atoms with van der Waals surface area (Å²) in [5.74, 6) is 0.551. The molecule has 0 atom stereocenters. The molecule has 0 amide bonds. The predicted octanol–water partition coefficient (Wildman–Crippen LogP) is 2.18. The second-order valence-electron chi connectivity index (χ2n) is 5.27. The highest BCUT2D eigenvalue weighted by molar-refractivity contribution is 5.82. The van der Waals surface area contributed by atoms with Crippen LogP contribution in [0.1, 0.15) is 11.5 Å². The molecule has 0 aliphatic carbocycles. The molecule has 0 spiro atoms. The van der Waals surface area contributed by atoms with Gasteiger partial charge in [-0.3, -0.25) is 9.36 Å². The van der Waals surface area contributed by atoms with Crippen LogP contribution in [0, 0.1) is 19.7 Å². The maximum Gasteiger partial charge on any atom is 0.266 e. The fourth-order valence-electron chi connectivity index (χ4n) is 2.72. The highest BCUT2D eigenvalue weighted by Gasteiger charge is 2.15. The molecule has 0 unspecified atom stereocenters. The van der Waals surface area contributed by atoms with Crippen LogP contribution in [0.4, 0.5) is 4.39 Å². The second-order valence-corrected chi connectivity index (χ2v) is 5.27. The van der Waals surface area contributed by atoms with Gasteiger partial charge in [-0.25, -0.2) is 9.37 Å². The van der Waals surface area contributed by atoms with Crippen molar-refractivity contribution in [3.05, 3.63) is 64.2 Å². The number of rotatable bonds is 1. The number of aromatic nitrogens is 5. The van der Waals surface area contributed by atoms with E-state index in [0.29, 0.717) is 28.2 Å². The first-order valence-electron chi connectivity index (χ1n) is 7.06. The van der Waals surface area contributed by atoms with Crippen LogP contribution >= 0.6 is 0 Å². The van der Waals surface area contributed by atoms with Gasteiger partial charge in [-0.05, 0) is 32.0 Å². The molecule has 114 valence electrons. The Bertz CT molecular complexity index is 1130. The molecule has 3 aromatic heterocycles. The van der Waals surface area contributed by atoms with E-state index in [1.165, 1.54) is 15.1 Å². The first kappa shape index (κ1) is 13.6. The monoisotopic (exact) mass is 309 g/mol. The van der Waals surface area contributed by atoms with Crippen LogP contribution < -0.4 is 5.56 Å². The van der Waals surface area contributed by atoms with Gasteiger partial charge in [0.05, 0.1) is 22.3 Å². The molecule has 1 aromatic carbocycles. The van der Waals surface area contributed by atoms with E-state index in [1.54, 1.807) is 44.3 Å². The lowest BCUT2D eigenvalue weighted by atomic mass is 10.2. The third-order valence-electron chi connectivity index (χ3n) is 3.74. The smallest absolute Gasteiger partial charge is 0.266 e. The van der Waals surface area contributed by atoms with E-state index < -0.39 is 5.82 Å². The standard InChI is InChI=1S/C16H12FN5O/c1-9-14-13(22-16(18-9)19-10(2)20-22)7-8-21(15(14)23)12-6-4-3-5-11(12)17/h3-8H,1-2H3. The lowest BCUT2D eigenvalue weighted by Crippen LogP contribution is -2.21. The van der Waals surface area contributed by atoms with Gasteiger partial charge >= 0.3 is 0 Å². The van der Waals surface area contributed by atoms with Crippen LogP contribution in [0.2, 0.25) is 0 Å². The molecular formula is C16H12FN5O. The zero-order chi connectivity index (χ0) is 16.1. The van der Waals surface area contributed by atoms with Crippen molar-refractivity contribution in [3.63, 3.8) is 0 Å². The van der Waals surface area contributed by atoms with E-state index in [4.69, 9.17) is 0 Å². The minimum atomic E-state index is -0.461. The number of nitrogens with zero attached hydrogens (tertiary/aromatic N) is 5.